The van der Waals surface area contributed by atoms with Crippen LogP contribution in [0.25, 0.3) is 0 Å². The summed E-state index contributed by atoms with van der Waals surface area (Å²) in [7, 11) is 2.93. The number of esters is 1. The topological polar surface area (TPSA) is 186 Å². The van der Waals surface area contributed by atoms with Crippen molar-refractivity contribution in [1.29, 1.82) is 0 Å². The summed E-state index contributed by atoms with van der Waals surface area (Å²) in [6.45, 7) is -1.04. The standard InChI is InChI=1S/C24H30O13/c1-31-12-4-3-10(7-13(12)32-2)21(30)35-19-11-5-6-33-22(15(11)24(9-26)20(19)37-24)36-23-18(29)17(28)16(27)14(8-25)34-23/h3-7,11,14-20,22-23,25-29H,8-9H2,1-2H3/t11-,14-,15+,16+,17+,18+,19-,20+,22+,23+,24+/m0/s1. The first kappa shape index (κ1) is 26.1. The number of ether oxygens (including phenoxy) is 7. The molecule has 0 amide bonds. The molecule has 0 unspecified atom stereocenters. The van der Waals surface area contributed by atoms with E-state index in [1.54, 1.807) is 12.1 Å². The van der Waals surface area contributed by atoms with Gasteiger partial charge < -0.3 is 58.7 Å². The van der Waals surface area contributed by atoms with Crippen LogP contribution in [0, 0.1) is 11.8 Å². The van der Waals surface area contributed by atoms with E-state index >= 15 is 0 Å². The third-order valence-electron chi connectivity index (χ3n) is 7.46. The molecule has 1 saturated carbocycles. The Hall–Kier alpha value is -2.49. The largest absolute Gasteiger partial charge is 0.493 e. The van der Waals surface area contributed by atoms with Crippen molar-refractivity contribution >= 4 is 5.97 Å². The first-order valence-electron chi connectivity index (χ1n) is 11.8. The first-order chi connectivity index (χ1) is 17.8. The summed E-state index contributed by atoms with van der Waals surface area (Å²) in [5, 5.41) is 50.2. The molecule has 1 aliphatic carbocycles. The minimum Gasteiger partial charge on any atom is -0.493 e. The van der Waals surface area contributed by atoms with E-state index in [1.807, 2.05) is 0 Å². The van der Waals surface area contributed by atoms with Gasteiger partial charge in [0.05, 0.1) is 45.2 Å². The molecule has 5 N–H and O–H groups in total. The van der Waals surface area contributed by atoms with Crippen molar-refractivity contribution in [3.8, 4) is 11.5 Å². The summed E-state index contributed by atoms with van der Waals surface area (Å²) in [6, 6.07) is 4.61. The summed E-state index contributed by atoms with van der Waals surface area (Å²) in [4.78, 5) is 13.0. The van der Waals surface area contributed by atoms with Crippen LogP contribution in [0.5, 0.6) is 11.5 Å². The third-order valence-corrected chi connectivity index (χ3v) is 7.46. The van der Waals surface area contributed by atoms with Gasteiger partial charge in [-0.15, -0.1) is 0 Å². The summed E-state index contributed by atoms with van der Waals surface area (Å²) < 4.78 is 39.0. The molecule has 3 heterocycles. The molecule has 1 aromatic rings. The van der Waals surface area contributed by atoms with Gasteiger partial charge in [-0.05, 0) is 24.3 Å². The summed E-state index contributed by atoms with van der Waals surface area (Å²) in [5.41, 5.74) is -0.918. The number of carbonyl (C=O) groups excluding carboxylic acids is 1. The van der Waals surface area contributed by atoms with Gasteiger partial charge in [0.1, 0.15) is 42.2 Å². The Morgan fingerprint density at radius 3 is 2.46 bits per heavy atom. The molecule has 3 fully saturated rings. The third kappa shape index (κ3) is 4.25. The van der Waals surface area contributed by atoms with Crippen LogP contribution < -0.4 is 9.47 Å². The number of fused-ring (bicyclic) bond motifs is 3. The normalized spacial score (nSPS) is 41.8. The zero-order valence-electron chi connectivity index (χ0n) is 20.1. The molecule has 13 nitrogen and oxygen atoms in total. The summed E-state index contributed by atoms with van der Waals surface area (Å²) in [6.07, 6.45) is -7.02. The van der Waals surface area contributed by atoms with Crippen molar-refractivity contribution in [2.24, 2.45) is 11.8 Å². The number of carbonyl (C=O) groups is 1. The molecule has 11 atom stereocenters. The molecule has 0 spiro atoms. The van der Waals surface area contributed by atoms with E-state index in [9.17, 15) is 30.3 Å². The van der Waals surface area contributed by atoms with Crippen LogP contribution in [0.2, 0.25) is 0 Å². The van der Waals surface area contributed by atoms with Crippen LogP contribution in [-0.2, 0) is 23.7 Å². The predicted octanol–water partition coefficient (Wildman–Crippen LogP) is -1.71. The fourth-order valence-electron chi connectivity index (χ4n) is 5.44. The van der Waals surface area contributed by atoms with Gasteiger partial charge in [-0.3, -0.25) is 0 Å². The van der Waals surface area contributed by atoms with E-state index in [-0.39, 0.29) is 5.56 Å². The molecule has 2 saturated heterocycles. The summed E-state index contributed by atoms with van der Waals surface area (Å²) >= 11 is 0. The Balaban J connectivity index is 1.34. The maximum atomic E-state index is 13.0. The number of aliphatic hydroxyl groups is 5. The quantitative estimate of drug-likeness (QED) is 0.191. The fourth-order valence-corrected chi connectivity index (χ4v) is 5.44. The molecule has 13 heteroatoms. The minimum absolute atomic E-state index is 0.224. The van der Waals surface area contributed by atoms with Crippen LogP contribution in [0.4, 0.5) is 0 Å². The Labute approximate surface area is 211 Å². The van der Waals surface area contributed by atoms with Gasteiger partial charge in [-0.2, -0.15) is 0 Å². The summed E-state index contributed by atoms with van der Waals surface area (Å²) in [5.74, 6) is -1.00. The van der Waals surface area contributed by atoms with Gasteiger partial charge in [-0.25, -0.2) is 4.79 Å². The number of epoxide rings is 1. The number of rotatable bonds is 8. The predicted molar refractivity (Wildman–Crippen MR) is 119 cm³/mol. The van der Waals surface area contributed by atoms with Crippen molar-refractivity contribution < 1.29 is 63.5 Å². The number of aliphatic hydroxyl groups excluding tert-OH is 5. The number of hydrogen-bond donors (Lipinski definition) is 5. The van der Waals surface area contributed by atoms with Crippen LogP contribution >= 0.6 is 0 Å². The molecule has 0 radical (unpaired) electrons. The van der Waals surface area contributed by atoms with E-state index in [0.717, 1.165) is 0 Å². The fraction of sp³-hybridized carbons (Fsp3) is 0.625. The van der Waals surface area contributed by atoms with Crippen LogP contribution in [0.3, 0.4) is 0 Å². The first-order valence-corrected chi connectivity index (χ1v) is 11.8. The Morgan fingerprint density at radius 2 is 1.78 bits per heavy atom. The highest BCUT2D eigenvalue weighted by Crippen LogP contribution is 2.60. The van der Waals surface area contributed by atoms with Gasteiger partial charge in [0, 0.05) is 5.92 Å². The van der Waals surface area contributed by atoms with Crippen molar-refractivity contribution in [2.45, 2.75) is 54.8 Å². The Kier molecular flexibility index (Phi) is 7.06. The lowest BCUT2D eigenvalue weighted by molar-refractivity contribution is -0.344. The van der Waals surface area contributed by atoms with E-state index in [2.05, 4.69) is 0 Å². The monoisotopic (exact) mass is 526 g/mol. The lowest BCUT2D eigenvalue weighted by atomic mass is 9.85. The van der Waals surface area contributed by atoms with Crippen molar-refractivity contribution in [3.63, 3.8) is 0 Å². The molecule has 204 valence electrons. The SMILES string of the molecule is COc1ccc(C(=O)O[C@H]2[C@H]3C=CO[C@H](O[C@H]4O[C@@H](CO)[C@@H](O)[C@@H](O)[C@H]4O)[C@@H]3[C@@]3(CO)O[C@H]23)cc1OC. The lowest BCUT2D eigenvalue weighted by Gasteiger charge is -2.43. The van der Waals surface area contributed by atoms with Gasteiger partial charge in [0.2, 0.25) is 6.29 Å². The smallest absolute Gasteiger partial charge is 0.338 e. The number of benzene rings is 1. The van der Waals surface area contributed by atoms with Crippen LogP contribution in [0.1, 0.15) is 10.4 Å². The molecule has 1 aromatic carbocycles. The van der Waals surface area contributed by atoms with Gasteiger partial charge >= 0.3 is 5.97 Å². The van der Waals surface area contributed by atoms with Gasteiger partial charge in [0.25, 0.3) is 0 Å². The molecular formula is C24H30O13. The lowest BCUT2D eigenvalue weighted by Crippen LogP contribution is -2.60. The molecule has 0 aromatic heterocycles. The highest BCUT2D eigenvalue weighted by Gasteiger charge is 2.77. The average molecular weight is 526 g/mol. The van der Waals surface area contributed by atoms with Crippen molar-refractivity contribution in [1.82, 2.24) is 0 Å². The van der Waals surface area contributed by atoms with E-state index in [0.29, 0.717) is 11.5 Å². The van der Waals surface area contributed by atoms with Crippen LogP contribution in [-0.4, -0.2) is 114 Å². The second-order valence-electron chi connectivity index (χ2n) is 9.36. The van der Waals surface area contributed by atoms with E-state index in [1.165, 1.54) is 32.6 Å². The molecule has 3 aliphatic heterocycles. The average Bonchev–Trinajstić information content (AvgIpc) is 3.60. The maximum Gasteiger partial charge on any atom is 0.338 e. The molecule has 5 rings (SSSR count). The second-order valence-corrected chi connectivity index (χ2v) is 9.36. The zero-order valence-corrected chi connectivity index (χ0v) is 20.1. The molecular weight excluding hydrogens is 496 g/mol. The van der Waals surface area contributed by atoms with E-state index in [4.69, 9.17) is 33.2 Å². The highest BCUT2D eigenvalue weighted by molar-refractivity contribution is 5.90. The number of hydrogen-bond acceptors (Lipinski definition) is 13. The minimum atomic E-state index is -1.65. The highest BCUT2D eigenvalue weighted by atomic mass is 16.8. The molecule has 4 aliphatic rings. The van der Waals surface area contributed by atoms with Crippen molar-refractivity contribution in [2.75, 3.05) is 27.4 Å². The van der Waals surface area contributed by atoms with Crippen molar-refractivity contribution in [3.05, 3.63) is 36.1 Å². The van der Waals surface area contributed by atoms with Gasteiger partial charge in [0.15, 0.2) is 17.8 Å². The van der Waals surface area contributed by atoms with Gasteiger partial charge in [-0.1, -0.05) is 0 Å². The molecule has 37 heavy (non-hydrogen) atoms. The van der Waals surface area contributed by atoms with Crippen LogP contribution in [0.15, 0.2) is 30.5 Å². The Morgan fingerprint density at radius 1 is 1.03 bits per heavy atom. The zero-order chi connectivity index (χ0) is 26.5. The Bertz CT molecular complexity index is 1030. The van der Waals surface area contributed by atoms with E-state index < -0.39 is 85.8 Å². The molecule has 0 bridgehead atoms. The maximum absolute atomic E-state index is 13.0. The number of methoxy groups -OCH3 is 2. The second kappa shape index (κ2) is 10.0.